The molecule has 0 atom stereocenters. The zero-order valence-corrected chi connectivity index (χ0v) is 15.2. The number of hydrogen-bond donors (Lipinski definition) is 0. The Kier molecular flexibility index (Phi) is 5.46. The summed E-state index contributed by atoms with van der Waals surface area (Å²) in [5.74, 6) is 0.747. The fraction of sp³-hybridized carbons (Fsp3) is 0.421. The number of piperazine rings is 1. The van der Waals surface area contributed by atoms with Crippen molar-refractivity contribution in [2.24, 2.45) is 0 Å². The molecule has 1 fully saturated rings. The summed E-state index contributed by atoms with van der Waals surface area (Å²) in [6.45, 7) is 4.85. The van der Waals surface area contributed by atoms with Crippen molar-refractivity contribution in [3.63, 3.8) is 0 Å². The number of nitrogens with zero attached hydrogens (tertiary/aromatic N) is 2. The lowest BCUT2D eigenvalue weighted by molar-refractivity contribution is -0.137. The third-order valence-electron chi connectivity index (χ3n) is 4.66. The summed E-state index contributed by atoms with van der Waals surface area (Å²) in [6, 6.07) is 7.08. The molecule has 1 aromatic heterocycles. The van der Waals surface area contributed by atoms with Crippen molar-refractivity contribution in [1.82, 2.24) is 4.90 Å². The van der Waals surface area contributed by atoms with E-state index in [0.717, 1.165) is 6.07 Å². The summed E-state index contributed by atoms with van der Waals surface area (Å²) in [7, 11) is 1.32. The number of methoxy groups -OCH3 is 1. The number of carbonyl (C=O) groups is 1. The maximum absolute atomic E-state index is 12.9. The number of ether oxygens (including phenoxy) is 1. The van der Waals surface area contributed by atoms with Crippen LogP contribution in [0.2, 0.25) is 0 Å². The Morgan fingerprint density at radius 1 is 1.19 bits per heavy atom. The van der Waals surface area contributed by atoms with Crippen molar-refractivity contribution in [1.29, 1.82) is 0 Å². The summed E-state index contributed by atoms with van der Waals surface area (Å²) in [6.07, 6.45) is -4.34. The zero-order valence-electron chi connectivity index (χ0n) is 15.2. The predicted octanol–water partition coefficient (Wildman–Crippen LogP) is 3.72. The van der Waals surface area contributed by atoms with E-state index < -0.39 is 17.7 Å². The van der Waals surface area contributed by atoms with Gasteiger partial charge in [0.15, 0.2) is 0 Å². The number of anilines is 1. The fourth-order valence-electron chi connectivity index (χ4n) is 3.20. The molecule has 0 unspecified atom stereocenters. The van der Waals surface area contributed by atoms with Gasteiger partial charge in [-0.3, -0.25) is 4.90 Å². The van der Waals surface area contributed by atoms with Crippen molar-refractivity contribution in [3.05, 3.63) is 53.0 Å². The standard InChI is InChI=1S/C19H21F3N2O3/c1-13-17(18(25)26-2)11-16(27-13)12-23-6-8-24(9-7-23)15-5-3-4-14(10-15)19(20,21)22/h3-5,10-11H,6-9,12H2,1-2H3. The number of aryl methyl sites for hydroxylation is 1. The van der Waals surface area contributed by atoms with Gasteiger partial charge in [0.05, 0.1) is 19.2 Å². The number of carbonyl (C=O) groups excluding carboxylic acids is 1. The molecular weight excluding hydrogens is 361 g/mol. The van der Waals surface area contributed by atoms with E-state index in [2.05, 4.69) is 4.90 Å². The Hall–Kier alpha value is -2.48. The van der Waals surface area contributed by atoms with Crippen molar-refractivity contribution in [2.45, 2.75) is 19.6 Å². The summed E-state index contributed by atoms with van der Waals surface area (Å²) in [4.78, 5) is 15.7. The van der Waals surface area contributed by atoms with Crippen LogP contribution in [0.25, 0.3) is 0 Å². The van der Waals surface area contributed by atoms with E-state index in [0.29, 0.717) is 55.5 Å². The third-order valence-corrected chi connectivity index (χ3v) is 4.66. The number of hydrogen-bond acceptors (Lipinski definition) is 5. The maximum Gasteiger partial charge on any atom is 0.416 e. The molecular formula is C19H21F3N2O3. The van der Waals surface area contributed by atoms with Crippen molar-refractivity contribution in [3.8, 4) is 0 Å². The highest BCUT2D eigenvalue weighted by Crippen LogP contribution is 2.32. The molecule has 146 valence electrons. The Bertz CT molecular complexity index is 809. The topological polar surface area (TPSA) is 45.9 Å². The van der Waals surface area contributed by atoms with Crippen molar-refractivity contribution < 1.29 is 27.1 Å². The summed E-state index contributed by atoms with van der Waals surface area (Å²) in [5.41, 5.74) is 0.352. The van der Waals surface area contributed by atoms with Crippen LogP contribution < -0.4 is 4.90 Å². The molecule has 1 aliphatic rings. The largest absolute Gasteiger partial charge is 0.465 e. The number of halogens is 3. The van der Waals surface area contributed by atoms with Gasteiger partial charge in [0, 0.05) is 31.9 Å². The highest BCUT2D eigenvalue weighted by atomic mass is 19.4. The van der Waals surface area contributed by atoms with Crippen molar-refractivity contribution >= 4 is 11.7 Å². The molecule has 0 N–H and O–H groups in total. The lowest BCUT2D eigenvalue weighted by atomic mass is 10.1. The van der Waals surface area contributed by atoms with Gasteiger partial charge in [-0.05, 0) is 31.2 Å². The average Bonchev–Trinajstić information content (AvgIpc) is 3.01. The van der Waals surface area contributed by atoms with E-state index >= 15 is 0 Å². The SMILES string of the molecule is COC(=O)c1cc(CN2CCN(c3cccc(C(F)(F)F)c3)CC2)oc1C. The van der Waals surface area contributed by atoms with Gasteiger partial charge in [-0.15, -0.1) is 0 Å². The van der Waals surface area contributed by atoms with E-state index in [9.17, 15) is 18.0 Å². The van der Waals surface area contributed by atoms with Gasteiger partial charge >= 0.3 is 12.1 Å². The Balaban J connectivity index is 1.60. The molecule has 1 aliphatic heterocycles. The van der Waals surface area contributed by atoms with E-state index in [-0.39, 0.29) is 0 Å². The number of benzene rings is 1. The summed E-state index contributed by atoms with van der Waals surface area (Å²) < 4.78 is 49.0. The average molecular weight is 382 g/mol. The summed E-state index contributed by atoms with van der Waals surface area (Å²) >= 11 is 0. The van der Waals surface area contributed by atoms with Crippen LogP contribution in [0.5, 0.6) is 0 Å². The molecule has 0 spiro atoms. The molecule has 5 nitrogen and oxygen atoms in total. The van der Waals surface area contributed by atoms with Gasteiger partial charge < -0.3 is 14.1 Å². The Morgan fingerprint density at radius 2 is 1.89 bits per heavy atom. The molecule has 2 heterocycles. The van der Waals surface area contributed by atoms with E-state index in [4.69, 9.17) is 9.15 Å². The molecule has 8 heteroatoms. The predicted molar refractivity (Wildman–Crippen MR) is 93.7 cm³/mol. The smallest absolute Gasteiger partial charge is 0.416 e. The minimum Gasteiger partial charge on any atom is -0.465 e. The maximum atomic E-state index is 12.9. The molecule has 2 aromatic rings. The first-order chi connectivity index (χ1) is 12.8. The van der Waals surface area contributed by atoms with E-state index in [1.165, 1.54) is 19.2 Å². The van der Waals surface area contributed by atoms with Crippen LogP contribution in [0.1, 0.15) is 27.4 Å². The van der Waals surface area contributed by atoms with Crippen molar-refractivity contribution in [2.75, 3.05) is 38.2 Å². The quantitative estimate of drug-likeness (QED) is 0.755. The highest BCUT2D eigenvalue weighted by molar-refractivity contribution is 5.90. The van der Waals surface area contributed by atoms with Gasteiger partial charge in [0.25, 0.3) is 0 Å². The third kappa shape index (κ3) is 4.44. The molecule has 1 aromatic carbocycles. The van der Waals surface area contributed by atoms with E-state index in [1.54, 1.807) is 19.1 Å². The number of rotatable bonds is 4. The number of alkyl halides is 3. The van der Waals surface area contributed by atoms with Crippen LogP contribution in [0.3, 0.4) is 0 Å². The lowest BCUT2D eigenvalue weighted by Crippen LogP contribution is -2.46. The van der Waals surface area contributed by atoms with Gasteiger partial charge in [-0.1, -0.05) is 6.07 Å². The van der Waals surface area contributed by atoms with Gasteiger partial charge in [-0.2, -0.15) is 13.2 Å². The zero-order chi connectivity index (χ0) is 19.6. The Morgan fingerprint density at radius 3 is 2.52 bits per heavy atom. The molecule has 0 amide bonds. The van der Waals surface area contributed by atoms with Crippen LogP contribution in [0.15, 0.2) is 34.7 Å². The molecule has 0 saturated carbocycles. The molecule has 0 bridgehead atoms. The second-order valence-electron chi connectivity index (χ2n) is 6.49. The van der Waals surface area contributed by atoms with Gasteiger partial charge in [0.2, 0.25) is 0 Å². The molecule has 1 saturated heterocycles. The molecule has 3 rings (SSSR count). The second kappa shape index (κ2) is 7.64. The first kappa shape index (κ1) is 19.3. The van der Waals surface area contributed by atoms with Crippen LogP contribution in [-0.2, 0) is 17.5 Å². The second-order valence-corrected chi connectivity index (χ2v) is 6.49. The summed E-state index contributed by atoms with van der Waals surface area (Å²) in [5, 5.41) is 0. The van der Waals surface area contributed by atoms with Gasteiger partial charge in [-0.25, -0.2) is 4.79 Å². The van der Waals surface area contributed by atoms with Gasteiger partial charge in [0.1, 0.15) is 17.1 Å². The minimum atomic E-state index is -4.34. The molecule has 0 aliphatic carbocycles. The lowest BCUT2D eigenvalue weighted by Gasteiger charge is -2.35. The molecule has 0 radical (unpaired) electrons. The Labute approximate surface area is 155 Å². The monoisotopic (exact) mass is 382 g/mol. The van der Waals surface area contributed by atoms with Crippen LogP contribution in [0, 0.1) is 6.92 Å². The van der Waals surface area contributed by atoms with Crippen LogP contribution in [0.4, 0.5) is 18.9 Å². The number of esters is 1. The first-order valence-corrected chi connectivity index (χ1v) is 8.60. The fourth-order valence-corrected chi connectivity index (χ4v) is 3.20. The van der Waals surface area contributed by atoms with Crippen LogP contribution >= 0.6 is 0 Å². The molecule has 27 heavy (non-hydrogen) atoms. The normalized spacial score (nSPS) is 15.8. The van der Waals surface area contributed by atoms with Crippen LogP contribution in [-0.4, -0.2) is 44.2 Å². The minimum absolute atomic E-state index is 0.412. The highest BCUT2D eigenvalue weighted by Gasteiger charge is 2.31. The van der Waals surface area contributed by atoms with E-state index in [1.807, 2.05) is 4.90 Å². The number of furan rings is 1. The first-order valence-electron chi connectivity index (χ1n) is 8.60.